The smallest absolute Gasteiger partial charge is 0.348 e. The molecule has 136 valence electrons. The van der Waals surface area contributed by atoms with Crippen LogP contribution < -0.4 is 0 Å². The van der Waals surface area contributed by atoms with Crippen LogP contribution in [0.1, 0.15) is 5.56 Å². The molecular formula is C18H36O2Si4. The quantitative estimate of drug-likeness (QED) is 0.506. The molecule has 0 fully saturated rings. The fraction of sp³-hybridized carbons (Fsp3) is 0.556. The van der Waals surface area contributed by atoms with Gasteiger partial charge in [0.15, 0.2) is 16.6 Å². The van der Waals surface area contributed by atoms with Gasteiger partial charge in [0.2, 0.25) is 0 Å². The van der Waals surface area contributed by atoms with Crippen molar-refractivity contribution in [2.75, 3.05) is 0 Å². The molecule has 2 nitrogen and oxygen atoms in total. The summed E-state index contributed by atoms with van der Waals surface area (Å²) < 4.78 is 13.6. The van der Waals surface area contributed by atoms with E-state index in [0.717, 1.165) is 0 Å². The van der Waals surface area contributed by atoms with Gasteiger partial charge in [0.25, 0.3) is 0 Å². The van der Waals surface area contributed by atoms with Crippen LogP contribution in [0, 0.1) is 0 Å². The van der Waals surface area contributed by atoms with Crippen molar-refractivity contribution in [2.45, 2.75) is 65.5 Å². The van der Waals surface area contributed by atoms with E-state index in [1.165, 1.54) is 10.8 Å². The van der Waals surface area contributed by atoms with E-state index in [0.29, 0.717) is 0 Å². The van der Waals surface area contributed by atoms with Crippen LogP contribution >= 0.6 is 0 Å². The molecule has 0 saturated heterocycles. The monoisotopic (exact) mass is 396 g/mol. The highest BCUT2D eigenvalue weighted by molar-refractivity contribution is 6.99. The number of rotatable bonds is 7. The van der Waals surface area contributed by atoms with Gasteiger partial charge in [-0.1, -0.05) is 55.7 Å². The first-order valence-electron chi connectivity index (χ1n) is 8.80. The third kappa shape index (κ3) is 7.75. The fourth-order valence-corrected chi connectivity index (χ4v) is 17.7. The normalized spacial score (nSPS) is 14.8. The molecule has 24 heavy (non-hydrogen) atoms. The molecule has 0 spiro atoms. The largest absolute Gasteiger partial charge is 0.433 e. The number of benzene rings is 1. The summed E-state index contributed by atoms with van der Waals surface area (Å²) in [5.74, 6) is 0. The van der Waals surface area contributed by atoms with Gasteiger partial charge in [0.1, 0.15) is 0 Å². The first-order valence-corrected chi connectivity index (χ1v) is 21.5. The molecule has 0 bridgehead atoms. The molecule has 0 aliphatic heterocycles. The minimum Gasteiger partial charge on any atom is -0.433 e. The summed E-state index contributed by atoms with van der Waals surface area (Å²) in [6.07, 6.45) is 0. The molecule has 0 atom stereocenters. The molecule has 0 aromatic heterocycles. The molecule has 1 aromatic rings. The summed E-state index contributed by atoms with van der Waals surface area (Å²) in [5, 5.41) is 1.34. The molecule has 0 saturated carbocycles. The molecule has 1 rings (SSSR count). The summed E-state index contributed by atoms with van der Waals surface area (Å²) in [4.78, 5) is 0. The number of hydrogen-bond donors (Lipinski definition) is 0. The minimum absolute atomic E-state index is 1.27. The third-order valence-electron chi connectivity index (χ3n) is 3.15. The van der Waals surface area contributed by atoms with Crippen molar-refractivity contribution >= 4 is 38.5 Å². The standard InChI is InChI=1S/C18H36O2Si4/c1-21(2,3)16-18(17-14-12-11-13-15-17)24(10,19-22(4,5)6)20-23(7,8)9/h11-16H,1-10H3/b18-16+. The Morgan fingerprint density at radius 1 is 0.708 bits per heavy atom. The van der Waals surface area contributed by atoms with E-state index in [-0.39, 0.29) is 0 Å². The van der Waals surface area contributed by atoms with Gasteiger partial charge in [0, 0.05) is 0 Å². The van der Waals surface area contributed by atoms with Crippen molar-refractivity contribution in [3.8, 4) is 0 Å². The lowest BCUT2D eigenvalue weighted by molar-refractivity contribution is 0.406. The Hall–Kier alpha value is -0.252. The van der Waals surface area contributed by atoms with Crippen LogP contribution in [0.3, 0.4) is 0 Å². The van der Waals surface area contributed by atoms with Gasteiger partial charge >= 0.3 is 8.56 Å². The molecular weight excluding hydrogens is 361 g/mol. The lowest BCUT2D eigenvalue weighted by atomic mass is 10.2. The zero-order valence-corrected chi connectivity index (χ0v) is 21.3. The van der Waals surface area contributed by atoms with Crippen molar-refractivity contribution in [2.24, 2.45) is 0 Å². The van der Waals surface area contributed by atoms with Gasteiger partial charge < -0.3 is 8.23 Å². The van der Waals surface area contributed by atoms with Gasteiger partial charge in [-0.2, -0.15) is 0 Å². The second-order valence-electron chi connectivity index (χ2n) is 9.66. The van der Waals surface area contributed by atoms with Crippen molar-refractivity contribution in [1.29, 1.82) is 0 Å². The van der Waals surface area contributed by atoms with Gasteiger partial charge in [-0.15, -0.1) is 0 Å². The molecule has 1 aromatic carbocycles. The van der Waals surface area contributed by atoms with Crippen LogP contribution in [-0.4, -0.2) is 33.3 Å². The second kappa shape index (κ2) is 7.55. The van der Waals surface area contributed by atoms with Gasteiger partial charge in [-0.05, 0) is 56.6 Å². The summed E-state index contributed by atoms with van der Waals surface area (Å²) in [5.41, 5.74) is 3.78. The maximum atomic E-state index is 6.81. The van der Waals surface area contributed by atoms with E-state index in [4.69, 9.17) is 8.23 Å². The Bertz CT molecular complexity index is 547. The van der Waals surface area contributed by atoms with E-state index in [2.05, 4.69) is 102 Å². The average molecular weight is 397 g/mol. The first kappa shape index (κ1) is 21.8. The summed E-state index contributed by atoms with van der Waals surface area (Å²) in [7, 11) is -7.36. The van der Waals surface area contributed by atoms with E-state index in [1.807, 2.05) is 0 Å². The van der Waals surface area contributed by atoms with Crippen LogP contribution in [0.2, 0.25) is 65.5 Å². The summed E-state index contributed by atoms with van der Waals surface area (Å²) in [6.45, 7) is 23.0. The topological polar surface area (TPSA) is 18.5 Å². The molecule has 6 heteroatoms. The fourth-order valence-electron chi connectivity index (χ4n) is 2.83. The van der Waals surface area contributed by atoms with Crippen LogP contribution in [0.15, 0.2) is 36.0 Å². The molecule has 0 heterocycles. The lowest BCUT2D eigenvalue weighted by Crippen LogP contribution is -2.54. The van der Waals surface area contributed by atoms with Crippen LogP contribution in [0.4, 0.5) is 0 Å². The SMILES string of the molecule is C[Si](C)(C)/C=C(\c1ccccc1)[Si](C)(O[Si](C)(C)C)O[Si](C)(C)C. The predicted molar refractivity (Wildman–Crippen MR) is 118 cm³/mol. The molecule has 0 amide bonds. The van der Waals surface area contributed by atoms with Crippen LogP contribution in [0.25, 0.3) is 5.20 Å². The Kier molecular flexibility index (Phi) is 6.86. The summed E-state index contributed by atoms with van der Waals surface area (Å²) >= 11 is 0. The van der Waals surface area contributed by atoms with Crippen molar-refractivity contribution in [1.82, 2.24) is 0 Å². The van der Waals surface area contributed by atoms with Gasteiger partial charge in [-0.25, -0.2) is 0 Å². The Balaban J connectivity index is 3.54. The number of hydrogen-bond acceptors (Lipinski definition) is 2. The maximum absolute atomic E-state index is 6.81. The summed E-state index contributed by atoms with van der Waals surface area (Å²) in [6, 6.07) is 10.7. The highest BCUT2D eigenvalue weighted by atomic mass is 28.5. The zero-order chi connectivity index (χ0) is 18.8. The highest BCUT2D eigenvalue weighted by Gasteiger charge is 2.44. The van der Waals surface area contributed by atoms with E-state index in [1.54, 1.807) is 0 Å². The average Bonchev–Trinajstić information content (AvgIpc) is 2.31. The molecule has 0 aliphatic rings. The third-order valence-corrected chi connectivity index (χ3v) is 14.0. The maximum Gasteiger partial charge on any atom is 0.348 e. The van der Waals surface area contributed by atoms with Crippen molar-refractivity contribution in [3.05, 3.63) is 41.6 Å². The second-order valence-corrected chi connectivity index (χ2v) is 27.2. The van der Waals surface area contributed by atoms with Crippen molar-refractivity contribution < 1.29 is 8.23 Å². The minimum atomic E-state index is -2.48. The first-order chi connectivity index (χ1) is 10.6. The highest BCUT2D eigenvalue weighted by Crippen LogP contribution is 2.34. The van der Waals surface area contributed by atoms with Crippen LogP contribution in [0.5, 0.6) is 0 Å². The Morgan fingerprint density at radius 3 is 1.46 bits per heavy atom. The predicted octanol–water partition coefficient (Wildman–Crippen LogP) is 6.26. The molecule has 0 unspecified atom stereocenters. The lowest BCUT2D eigenvalue weighted by Gasteiger charge is -2.40. The zero-order valence-electron chi connectivity index (χ0n) is 17.3. The molecule has 0 N–H and O–H groups in total. The van der Waals surface area contributed by atoms with E-state index < -0.39 is 33.3 Å². The molecule has 0 radical (unpaired) electrons. The van der Waals surface area contributed by atoms with E-state index >= 15 is 0 Å². The van der Waals surface area contributed by atoms with Crippen LogP contribution in [-0.2, 0) is 8.23 Å². The Morgan fingerprint density at radius 2 is 1.12 bits per heavy atom. The molecule has 0 aliphatic carbocycles. The Labute approximate surface area is 153 Å². The van der Waals surface area contributed by atoms with E-state index in [9.17, 15) is 0 Å². The van der Waals surface area contributed by atoms with Gasteiger partial charge in [0.05, 0.1) is 8.07 Å². The van der Waals surface area contributed by atoms with Crippen molar-refractivity contribution in [3.63, 3.8) is 0 Å². The van der Waals surface area contributed by atoms with Gasteiger partial charge in [-0.3, -0.25) is 0 Å².